The number of methoxy groups -OCH3 is 2. The van der Waals surface area contributed by atoms with E-state index in [9.17, 15) is 0 Å². The van der Waals surface area contributed by atoms with Crippen molar-refractivity contribution in [3.8, 4) is 5.75 Å². The molecule has 1 heterocycles. The maximum Gasteiger partial charge on any atom is 0.124 e. The molecule has 0 aliphatic carbocycles. The molecule has 1 atom stereocenters. The van der Waals surface area contributed by atoms with Crippen LogP contribution in [0.1, 0.15) is 29.8 Å². The molecule has 0 amide bonds. The molecule has 108 valence electrons. The van der Waals surface area contributed by atoms with E-state index in [1.54, 1.807) is 20.4 Å². The zero-order valence-corrected chi connectivity index (χ0v) is 12.1. The van der Waals surface area contributed by atoms with Crippen LogP contribution < -0.4 is 10.1 Å². The standard InChI is InChI=1S/C15H21N3O2/c1-11(16-9-14-6-7-17-18-14)12-4-5-15(20-3)13(8-12)10-19-2/h4-8,11,16H,9-10H2,1-3H3,(H,17,18). The molecule has 1 aromatic carbocycles. The van der Waals surface area contributed by atoms with Crippen LogP contribution in [0.15, 0.2) is 30.5 Å². The van der Waals surface area contributed by atoms with E-state index in [0.717, 1.165) is 23.6 Å². The van der Waals surface area contributed by atoms with Crippen LogP contribution >= 0.6 is 0 Å². The van der Waals surface area contributed by atoms with E-state index in [2.05, 4.69) is 34.6 Å². The van der Waals surface area contributed by atoms with Crippen LogP contribution in [0.4, 0.5) is 0 Å². The van der Waals surface area contributed by atoms with E-state index in [1.807, 2.05) is 12.1 Å². The number of H-pyrrole nitrogens is 1. The zero-order chi connectivity index (χ0) is 14.4. The van der Waals surface area contributed by atoms with Gasteiger partial charge in [-0.2, -0.15) is 5.10 Å². The molecule has 0 radical (unpaired) electrons. The van der Waals surface area contributed by atoms with Crippen molar-refractivity contribution < 1.29 is 9.47 Å². The van der Waals surface area contributed by atoms with Crippen molar-refractivity contribution in [1.82, 2.24) is 15.5 Å². The smallest absolute Gasteiger partial charge is 0.124 e. The van der Waals surface area contributed by atoms with Gasteiger partial charge in [-0.25, -0.2) is 0 Å². The maximum absolute atomic E-state index is 5.34. The highest BCUT2D eigenvalue weighted by molar-refractivity contribution is 5.38. The summed E-state index contributed by atoms with van der Waals surface area (Å²) in [7, 11) is 3.36. The van der Waals surface area contributed by atoms with Crippen LogP contribution in [0, 0.1) is 0 Å². The Morgan fingerprint density at radius 3 is 2.80 bits per heavy atom. The zero-order valence-electron chi connectivity index (χ0n) is 12.1. The first-order valence-electron chi connectivity index (χ1n) is 6.62. The van der Waals surface area contributed by atoms with Gasteiger partial charge in [-0.3, -0.25) is 5.10 Å². The van der Waals surface area contributed by atoms with Crippen molar-refractivity contribution in [2.75, 3.05) is 14.2 Å². The van der Waals surface area contributed by atoms with Gasteiger partial charge in [-0.05, 0) is 30.7 Å². The average Bonchev–Trinajstić information content (AvgIpc) is 2.98. The molecule has 20 heavy (non-hydrogen) atoms. The largest absolute Gasteiger partial charge is 0.496 e. The van der Waals surface area contributed by atoms with Gasteiger partial charge in [0.25, 0.3) is 0 Å². The first-order valence-corrected chi connectivity index (χ1v) is 6.62. The van der Waals surface area contributed by atoms with Crippen LogP contribution in [0.25, 0.3) is 0 Å². The Bertz CT molecular complexity index is 526. The number of nitrogens with zero attached hydrogens (tertiary/aromatic N) is 1. The molecule has 2 aromatic rings. The summed E-state index contributed by atoms with van der Waals surface area (Å²) in [5.41, 5.74) is 3.34. The molecule has 1 aromatic heterocycles. The van der Waals surface area contributed by atoms with Gasteiger partial charge in [0.1, 0.15) is 5.75 Å². The van der Waals surface area contributed by atoms with Crippen molar-refractivity contribution in [3.05, 3.63) is 47.3 Å². The number of aromatic nitrogens is 2. The first-order chi connectivity index (χ1) is 9.74. The lowest BCUT2D eigenvalue weighted by Crippen LogP contribution is -2.18. The molecule has 0 spiro atoms. The normalized spacial score (nSPS) is 12.3. The molecule has 1 unspecified atom stereocenters. The van der Waals surface area contributed by atoms with Crippen LogP contribution in [0.5, 0.6) is 5.75 Å². The molecule has 5 heteroatoms. The van der Waals surface area contributed by atoms with E-state index < -0.39 is 0 Å². The fourth-order valence-electron chi connectivity index (χ4n) is 2.10. The fraction of sp³-hybridized carbons (Fsp3) is 0.400. The van der Waals surface area contributed by atoms with Crippen molar-refractivity contribution in [2.45, 2.75) is 26.1 Å². The highest BCUT2D eigenvalue weighted by Gasteiger charge is 2.09. The quantitative estimate of drug-likeness (QED) is 0.814. The highest BCUT2D eigenvalue weighted by atomic mass is 16.5. The van der Waals surface area contributed by atoms with E-state index in [0.29, 0.717) is 6.61 Å². The first kappa shape index (κ1) is 14.6. The van der Waals surface area contributed by atoms with Crippen molar-refractivity contribution in [1.29, 1.82) is 0 Å². The summed E-state index contributed by atoms with van der Waals surface area (Å²) in [5.74, 6) is 0.858. The SMILES string of the molecule is COCc1cc(C(C)NCc2ccn[nH]2)ccc1OC. The molecule has 0 aliphatic rings. The average molecular weight is 275 g/mol. The highest BCUT2D eigenvalue weighted by Crippen LogP contribution is 2.24. The van der Waals surface area contributed by atoms with Gasteiger partial charge < -0.3 is 14.8 Å². The summed E-state index contributed by atoms with van der Waals surface area (Å²) in [6, 6.07) is 8.37. The van der Waals surface area contributed by atoms with Gasteiger partial charge >= 0.3 is 0 Å². The number of nitrogens with one attached hydrogen (secondary N) is 2. The van der Waals surface area contributed by atoms with Crippen molar-refractivity contribution in [2.24, 2.45) is 0 Å². The lowest BCUT2D eigenvalue weighted by Gasteiger charge is -2.16. The number of hydrogen-bond donors (Lipinski definition) is 2. The van der Waals surface area contributed by atoms with E-state index in [1.165, 1.54) is 5.56 Å². The Balaban J connectivity index is 2.05. The lowest BCUT2D eigenvalue weighted by molar-refractivity contribution is 0.181. The minimum Gasteiger partial charge on any atom is -0.496 e. The Labute approximate surface area is 119 Å². The van der Waals surface area contributed by atoms with Gasteiger partial charge in [-0.15, -0.1) is 0 Å². The second kappa shape index (κ2) is 7.07. The Kier molecular flexibility index (Phi) is 5.15. The van der Waals surface area contributed by atoms with Crippen LogP contribution in [0.2, 0.25) is 0 Å². The molecule has 2 rings (SSSR count). The monoisotopic (exact) mass is 275 g/mol. The molecular weight excluding hydrogens is 254 g/mol. The molecule has 0 bridgehead atoms. The summed E-state index contributed by atoms with van der Waals surface area (Å²) in [6.45, 7) is 3.44. The molecule has 0 saturated carbocycles. The van der Waals surface area contributed by atoms with Crippen molar-refractivity contribution in [3.63, 3.8) is 0 Å². The van der Waals surface area contributed by atoms with Crippen LogP contribution in [-0.4, -0.2) is 24.4 Å². The molecule has 2 N–H and O–H groups in total. The second-order valence-corrected chi connectivity index (χ2v) is 4.69. The number of aromatic amines is 1. The Morgan fingerprint density at radius 1 is 1.30 bits per heavy atom. The molecule has 0 fully saturated rings. The molecule has 5 nitrogen and oxygen atoms in total. The summed E-state index contributed by atoms with van der Waals surface area (Å²) < 4.78 is 10.5. The summed E-state index contributed by atoms with van der Waals surface area (Å²) >= 11 is 0. The summed E-state index contributed by atoms with van der Waals surface area (Å²) in [6.07, 6.45) is 1.76. The van der Waals surface area contributed by atoms with Crippen LogP contribution in [-0.2, 0) is 17.9 Å². The predicted octanol–water partition coefficient (Wildman–Crippen LogP) is 2.42. The van der Waals surface area contributed by atoms with Gasteiger partial charge in [0.2, 0.25) is 0 Å². The van der Waals surface area contributed by atoms with E-state index in [4.69, 9.17) is 9.47 Å². The number of benzene rings is 1. The number of hydrogen-bond acceptors (Lipinski definition) is 4. The third-order valence-corrected chi connectivity index (χ3v) is 3.26. The maximum atomic E-state index is 5.34. The Hall–Kier alpha value is -1.85. The number of ether oxygens (including phenoxy) is 2. The minimum absolute atomic E-state index is 0.236. The second-order valence-electron chi connectivity index (χ2n) is 4.69. The Morgan fingerprint density at radius 2 is 2.15 bits per heavy atom. The predicted molar refractivity (Wildman–Crippen MR) is 77.5 cm³/mol. The third-order valence-electron chi connectivity index (χ3n) is 3.26. The van der Waals surface area contributed by atoms with E-state index >= 15 is 0 Å². The van der Waals surface area contributed by atoms with Gasteiger partial charge in [-0.1, -0.05) is 6.07 Å². The molecular formula is C15H21N3O2. The minimum atomic E-state index is 0.236. The summed E-state index contributed by atoms with van der Waals surface area (Å²) in [5, 5.41) is 10.3. The third kappa shape index (κ3) is 3.59. The van der Waals surface area contributed by atoms with Gasteiger partial charge in [0.15, 0.2) is 0 Å². The molecule has 0 saturated heterocycles. The lowest BCUT2D eigenvalue weighted by atomic mass is 10.0. The van der Waals surface area contributed by atoms with E-state index in [-0.39, 0.29) is 6.04 Å². The molecule has 0 aliphatic heterocycles. The topological polar surface area (TPSA) is 59.2 Å². The summed E-state index contributed by atoms with van der Waals surface area (Å²) in [4.78, 5) is 0. The number of rotatable bonds is 7. The van der Waals surface area contributed by atoms with Crippen molar-refractivity contribution >= 4 is 0 Å². The van der Waals surface area contributed by atoms with Crippen LogP contribution in [0.3, 0.4) is 0 Å². The fourth-order valence-corrected chi connectivity index (χ4v) is 2.10. The van der Waals surface area contributed by atoms with Gasteiger partial charge in [0.05, 0.1) is 13.7 Å². The van der Waals surface area contributed by atoms with Gasteiger partial charge in [0, 0.05) is 37.2 Å².